The zero-order valence-electron chi connectivity index (χ0n) is 10.2. The summed E-state index contributed by atoms with van der Waals surface area (Å²) in [7, 11) is 1.56. The minimum atomic E-state index is -4.17. The third-order valence-electron chi connectivity index (χ3n) is 3.22. The Bertz CT molecular complexity index is 417. The third-order valence-corrected chi connectivity index (χ3v) is 3.22. The minimum absolute atomic E-state index is 0.231. The molecular formula is C13H16F3NO. The Morgan fingerprint density at radius 3 is 2.83 bits per heavy atom. The Morgan fingerprint density at radius 2 is 2.17 bits per heavy atom. The number of halogens is 3. The highest BCUT2D eigenvalue weighted by Crippen LogP contribution is 2.32. The van der Waals surface area contributed by atoms with Gasteiger partial charge in [-0.15, -0.1) is 0 Å². The number of fused-ring (bicyclic) bond motifs is 1. The number of rotatable bonds is 3. The summed E-state index contributed by atoms with van der Waals surface area (Å²) in [5.74, 6) is 0.689. The van der Waals surface area contributed by atoms with Crippen LogP contribution in [0.15, 0.2) is 18.2 Å². The fourth-order valence-electron chi connectivity index (χ4n) is 2.36. The van der Waals surface area contributed by atoms with Crippen LogP contribution in [0.25, 0.3) is 0 Å². The first kappa shape index (κ1) is 13.2. The van der Waals surface area contributed by atoms with E-state index < -0.39 is 12.7 Å². The van der Waals surface area contributed by atoms with Crippen molar-refractivity contribution in [2.45, 2.75) is 31.5 Å². The van der Waals surface area contributed by atoms with E-state index in [9.17, 15) is 13.2 Å². The number of nitrogens with one attached hydrogen (secondary N) is 1. The number of ether oxygens (including phenoxy) is 1. The van der Waals surface area contributed by atoms with Crippen molar-refractivity contribution in [3.05, 3.63) is 29.3 Å². The summed E-state index contributed by atoms with van der Waals surface area (Å²) in [5.41, 5.74) is 2.05. The van der Waals surface area contributed by atoms with Crippen molar-refractivity contribution in [2.24, 2.45) is 0 Å². The van der Waals surface area contributed by atoms with E-state index in [1.165, 1.54) is 0 Å². The number of hydrogen-bond acceptors (Lipinski definition) is 2. The Balaban J connectivity index is 2.15. The molecule has 1 atom stereocenters. The lowest BCUT2D eigenvalue weighted by Crippen LogP contribution is -2.33. The molecule has 2 nitrogen and oxygen atoms in total. The van der Waals surface area contributed by atoms with Crippen molar-refractivity contribution in [3.8, 4) is 5.75 Å². The highest BCUT2D eigenvalue weighted by Gasteiger charge is 2.29. The lowest BCUT2D eigenvalue weighted by atomic mass is 9.87. The predicted octanol–water partition coefficient (Wildman–Crippen LogP) is 3.22. The van der Waals surface area contributed by atoms with Crippen molar-refractivity contribution in [2.75, 3.05) is 13.7 Å². The van der Waals surface area contributed by atoms with Gasteiger partial charge < -0.3 is 10.1 Å². The van der Waals surface area contributed by atoms with E-state index in [1.54, 1.807) is 7.11 Å². The fraction of sp³-hybridized carbons (Fsp3) is 0.538. The lowest BCUT2D eigenvalue weighted by molar-refractivity contribution is -0.126. The van der Waals surface area contributed by atoms with Gasteiger partial charge in [0.1, 0.15) is 5.75 Å². The zero-order chi connectivity index (χ0) is 13.2. The minimum Gasteiger partial charge on any atom is -0.497 e. The summed E-state index contributed by atoms with van der Waals surface area (Å²) < 4.78 is 41.9. The van der Waals surface area contributed by atoms with E-state index in [4.69, 9.17) is 4.74 Å². The molecule has 1 N–H and O–H groups in total. The lowest BCUT2D eigenvalue weighted by Gasteiger charge is -2.27. The van der Waals surface area contributed by atoms with Crippen molar-refractivity contribution < 1.29 is 17.9 Å². The van der Waals surface area contributed by atoms with E-state index >= 15 is 0 Å². The van der Waals surface area contributed by atoms with Gasteiger partial charge in [-0.25, -0.2) is 0 Å². The molecule has 0 spiro atoms. The van der Waals surface area contributed by atoms with Crippen LogP contribution in [0, 0.1) is 0 Å². The molecule has 1 aliphatic carbocycles. The topological polar surface area (TPSA) is 21.3 Å². The molecule has 5 heteroatoms. The van der Waals surface area contributed by atoms with Crippen molar-refractivity contribution >= 4 is 0 Å². The van der Waals surface area contributed by atoms with Crippen LogP contribution in [0.3, 0.4) is 0 Å². The van der Waals surface area contributed by atoms with Gasteiger partial charge in [0.25, 0.3) is 0 Å². The first-order valence-electron chi connectivity index (χ1n) is 5.96. The SMILES string of the molecule is COc1ccc2c(c1)C(NCC(F)(F)F)CCC2. The number of benzene rings is 1. The standard InChI is InChI=1S/C13H16F3NO/c1-18-10-6-5-9-3-2-4-12(11(9)7-10)17-8-13(14,15)16/h5-7,12,17H,2-4,8H2,1H3. The van der Waals surface area contributed by atoms with Crippen molar-refractivity contribution in [1.82, 2.24) is 5.32 Å². The maximum atomic E-state index is 12.2. The van der Waals surface area contributed by atoms with Crippen LogP contribution in [-0.4, -0.2) is 19.8 Å². The first-order chi connectivity index (χ1) is 8.49. The van der Waals surface area contributed by atoms with Crippen molar-refractivity contribution in [1.29, 1.82) is 0 Å². The van der Waals surface area contributed by atoms with Gasteiger partial charge in [-0.1, -0.05) is 6.07 Å². The van der Waals surface area contributed by atoms with Gasteiger partial charge in [0.2, 0.25) is 0 Å². The maximum Gasteiger partial charge on any atom is 0.401 e. The molecule has 0 aromatic heterocycles. The molecule has 0 bridgehead atoms. The molecule has 1 aliphatic rings. The average Bonchev–Trinajstić information content (AvgIpc) is 2.34. The summed E-state index contributed by atoms with van der Waals surface area (Å²) in [6.07, 6.45) is -1.61. The molecule has 0 aliphatic heterocycles. The van der Waals surface area contributed by atoms with E-state index in [0.717, 1.165) is 30.4 Å². The average molecular weight is 259 g/mol. The number of methoxy groups -OCH3 is 1. The monoisotopic (exact) mass is 259 g/mol. The Kier molecular flexibility index (Phi) is 3.80. The van der Waals surface area contributed by atoms with Gasteiger partial charge in [0.15, 0.2) is 0 Å². The van der Waals surface area contributed by atoms with Gasteiger partial charge in [-0.2, -0.15) is 13.2 Å². The van der Waals surface area contributed by atoms with Crippen LogP contribution in [0.5, 0.6) is 5.75 Å². The summed E-state index contributed by atoms with van der Waals surface area (Å²) in [4.78, 5) is 0. The van der Waals surface area contributed by atoms with E-state index in [2.05, 4.69) is 5.32 Å². The third kappa shape index (κ3) is 3.16. The van der Waals surface area contributed by atoms with E-state index in [1.807, 2.05) is 18.2 Å². The molecule has 0 radical (unpaired) electrons. The van der Waals surface area contributed by atoms with Crippen LogP contribution >= 0.6 is 0 Å². The molecule has 0 heterocycles. The molecule has 100 valence electrons. The second-order valence-electron chi connectivity index (χ2n) is 4.51. The number of aryl methyl sites for hydroxylation is 1. The highest BCUT2D eigenvalue weighted by atomic mass is 19.4. The molecule has 0 saturated heterocycles. The summed E-state index contributed by atoms with van der Waals surface area (Å²) in [6, 6.07) is 5.40. The molecular weight excluding hydrogens is 243 g/mol. The maximum absolute atomic E-state index is 12.2. The van der Waals surface area contributed by atoms with Crippen LogP contribution in [0.2, 0.25) is 0 Å². The number of alkyl halides is 3. The molecule has 18 heavy (non-hydrogen) atoms. The molecule has 0 fully saturated rings. The van der Waals surface area contributed by atoms with Crippen LogP contribution in [0.1, 0.15) is 30.0 Å². The second-order valence-corrected chi connectivity index (χ2v) is 4.51. The molecule has 0 amide bonds. The van der Waals surface area contributed by atoms with Crippen molar-refractivity contribution in [3.63, 3.8) is 0 Å². The van der Waals surface area contributed by atoms with Gasteiger partial charge in [-0.05, 0) is 42.5 Å². The van der Waals surface area contributed by atoms with E-state index in [0.29, 0.717) is 5.75 Å². The predicted molar refractivity (Wildman–Crippen MR) is 62.7 cm³/mol. The molecule has 1 aromatic rings. The largest absolute Gasteiger partial charge is 0.497 e. The highest BCUT2D eigenvalue weighted by molar-refractivity contribution is 5.39. The van der Waals surface area contributed by atoms with Gasteiger partial charge in [0, 0.05) is 6.04 Å². The van der Waals surface area contributed by atoms with E-state index in [-0.39, 0.29) is 6.04 Å². The van der Waals surface area contributed by atoms with Crippen LogP contribution in [0.4, 0.5) is 13.2 Å². The normalized spacial score (nSPS) is 19.4. The summed E-state index contributed by atoms with van der Waals surface area (Å²) in [6.45, 7) is -0.950. The van der Waals surface area contributed by atoms with Gasteiger partial charge >= 0.3 is 6.18 Å². The molecule has 1 unspecified atom stereocenters. The van der Waals surface area contributed by atoms with Crippen LogP contribution in [-0.2, 0) is 6.42 Å². The number of hydrogen-bond donors (Lipinski definition) is 1. The fourth-order valence-corrected chi connectivity index (χ4v) is 2.36. The first-order valence-corrected chi connectivity index (χ1v) is 5.96. The van der Waals surface area contributed by atoms with Gasteiger partial charge in [-0.3, -0.25) is 0 Å². The Hall–Kier alpha value is -1.23. The molecule has 1 aromatic carbocycles. The quantitative estimate of drug-likeness (QED) is 0.899. The second kappa shape index (κ2) is 5.18. The summed E-state index contributed by atoms with van der Waals surface area (Å²) in [5, 5.41) is 2.59. The molecule has 2 rings (SSSR count). The Morgan fingerprint density at radius 1 is 1.39 bits per heavy atom. The zero-order valence-corrected chi connectivity index (χ0v) is 10.2. The van der Waals surface area contributed by atoms with Gasteiger partial charge in [0.05, 0.1) is 13.7 Å². The van der Waals surface area contributed by atoms with Crippen LogP contribution < -0.4 is 10.1 Å². The Labute approximate surface area is 104 Å². The summed E-state index contributed by atoms with van der Waals surface area (Å²) >= 11 is 0. The smallest absolute Gasteiger partial charge is 0.401 e. The molecule has 0 saturated carbocycles.